The van der Waals surface area contributed by atoms with Crippen LogP contribution in [0.25, 0.3) is 10.9 Å². The number of benzene rings is 1. The lowest BCUT2D eigenvalue weighted by Gasteiger charge is -2.11. The molecule has 0 atom stereocenters. The highest BCUT2D eigenvalue weighted by molar-refractivity contribution is 9.10. The number of thiocarbonyl (C=S) groups is 1. The molecule has 0 fully saturated rings. The third-order valence-corrected chi connectivity index (χ3v) is 3.20. The first kappa shape index (κ1) is 14.2. The highest BCUT2D eigenvalue weighted by Crippen LogP contribution is 2.23. The standard InChI is InChI=1S/C13H14BrN3OS/c1-18-6-5-15-13(19)17-11-4-2-3-9-7-10(14)8-16-12(9)11/h2-4,7-8H,5-6H2,1H3,(H2,15,17,19). The van der Waals surface area contributed by atoms with Crippen LogP contribution in [0.5, 0.6) is 0 Å². The van der Waals surface area contributed by atoms with Crippen LogP contribution in [-0.2, 0) is 4.74 Å². The van der Waals surface area contributed by atoms with E-state index in [1.165, 1.54) is 0 Å². The summed E-state index contributed by atoms with van der Waals surface area (Å²) in [6, 6.07) is 7.96. The predicted molar refractivity (Wildman–Crippen MR) is 85.5 cm³/mol. The second kappa shape index (κ2) is 6.79. The Kier molecular flexibility index (Phi) is 5.07. The van der Waals surface area contributed by atoms with E-state index in [0.29, 0.717) is 18.3 Å². The Hall–Kier alpha value is -1.24. The number of fused-ring (bicyclic) bond motifs is 1. The fourth-order valence-electron chi connectivity index (χ4n) is 1.67. The fourth-order valence-corrected chi connectivity index (χ4v) is 2.23. The maximum atomic E-state index is 5.22. The number of nitrogens with one attached hydrogen (secondary N) is 2. The number of ether oxygens (including phenoxy) is 1. The maximum Gasteiger partial charge on any atom is 0.170 e. The molecule has 19 heavy (non-hydrogen) atoms. The zero-order valence-corrected chi connectivity index (χ0v) is 12.8. The monoisotopic (exact) mass is 339 g/mol. The smallest absolute Gasteiger partial charge is 0.170 e. The fraction of sp³-hybridized carbons (Fsp3) is 0.231. The number of anilines is 1. The Morgan fingerprint density at radius 3 is 3.11 bits per heavy atom. The Labute approximate surface area is 125 Å². The number of pyridine rings is 1. The summed E-state index contributed by atoms with van der Waals surface area (Å²) < 4.78 is 5.91. The molecule has 0 aliphatic heterocycles. The third kappa shape index (κ3) is 3.86. The van der Waals surface area contributed by atoms with E-state index in [1.54, 1.807) is 13.3 Å². The van der Waals surface area contributed by atoms with Crippen molar-refractivity contribution in [3.05, 3.63) is 34.9 Å². The van der Waals surface area contributed by atoms with Crippen LogP contribution in [0.4, 0.5) is 5.69 Å². The summed E-state index contributed by atoms with van der Waals surface area (Å²) in [6.45, 7) is 1.29. The number of para-hydroxylation sites is 1. The molecule has 1 heterocycles. The van der Waals surface area contributed by atoms with E-state index in [0.717, 1.165) is 21.1 Å². The van der Waals surface area contributed by atoms with Gasteiger partial charge in [-0.25, -0.2) is 0 Å². The van der Waals surface area contributed by atoms with E-state index in [1.807, 2.05) is 24.3 Å². The highest BCUT2D eigenvalue weighted by Gasteiger charge is 2.04. The van der Waals surface area contributed by atoms with Crippen molar-refractivity contribution < 1.29 is 4.74 Å². The van der Waals surface area contributed by atoms with Crippen molar-refractivity contribution in [3.8, 4) is 0 Å². The molecule has 2 aromatic rings. The molecule has 2 N–H and O–H groups in total. The molecule has 6 heteroatoms. The number of hydrogen-bond acceptors (Lipinski definition) is 3. The van der Waals surface area contributed by atoms with Gasteiger partial charge in [0, 0.05) is 29.7 Å². The van der Waals surface area contributed by atoms with Crippen LogP contribution in [0.15, 0.2) is 34.9 Å². The molecule has 1 aromatic carbocycles. The molecule has 0 unspecified atom stereocenters. The number of aromatic nitrogens is 1. The average Bonchev–Trinajstić information content (AvgIpc) is 2.39. The summed E-state index contributed by atoms with van der Waals surface area (Å²) >= 11 is 8.64. The Bertz CT molecular complexity index is 591. The van der Waals surface area contributed by atoms with Crippen LogP contribution in [0.1, 0.15) is 0 Å². The van der Waals surface area contributed by atoms with E-state index in [-0.39, 0.29) is 0 Å². The molecule has 0 radical (unpaired) electrons. The second-order valence-corrected chi connectivity index (χ2v) is 5.23. The van der Waals surface area contributed by atoms with Crippen molar-refractivity contribution in [3.63, 3.8) is 0 Å². The lowest BCUT2D eigenvalue weighted by Crippen LogP contribution is -2.31. The molecular weight excluding hydrogens is 326 g/mol. The second-order valence-electron chi connectivity index (χ2n) is 3.90. The first-order valence-electron chi connectivity index (χ1n) is 5.79. The highest BCUT2D eigenvalue weighted by atomic mass is 79.9. The first-order valence-corrected chi connectivity index (χ1v) is 6.99. The minimum atomic E-state index is 0.564. The van der Waals surface area contributed by atoms with E-state index in [4.69, 9.17) is 17.0 Å². The van der Waals surface area contributed by atoms with Gasteiger partial charge in [-0.15, -0.1) is 0 Å². The minimum Gasteiger partial charge on any atom is -0.383 e. The van der Waals surface area contributed by atoms with Crippen molar-refractivity contribution in [1.29, 1.82) is 0 Å². The molecular formula is C13H14BrN3OS. The number of methoxy groups -OCH3 is 1. The van der Waals surface area contributed by atoms with Gasteiger partial charge in [0.2, 0.25) is 0 Å². The molecule has 0 spiro atoms. The Morgan fingerprint density at radius 2 is 2.32 bits per heavy atom. The number of hydrogen-bond donors (Lipinski definition) is 2. The summed E-state index contributed by atoms with van der Waals surface area (Å²) in [7, 11) is 1.66. The van der Waals surface area contributed by atoms with Gasteiger partial charge in [0.1, 0.15) is 0 Å². The van der Waals surface area contributed by atoms with Crippen LogP contribution in [0.3, 0.4) is 0 Å². The van der Waals surface area contributed by atoms with Crippen LogP contribution in [-0.4, -0.2) is 30.4 Å². The SMILES string of the molecule is COCCNC(=S)Nc1cccc2cc(Br)cnc12. The Balaban J connectivity index is 2.14. The van der Waals surface area contributed by atoms with Crippen LogP contribution in [0.2, 0.25) is 0 Å². The van der Waals surface area contributed by atoms with Gasteiger partial charge in [0.15, 0.2) is 5.11 Å². The Morgan fingerprint density at radius 1 is 1.47 bits per heavy atom. The van der Waals surface area contributed by atoms with Crippen LogP contribution >= 0.6 is 28.1 Å². The van der Waals surface area contributed by atoms with Gasteiger partial charge in [0.05, 0.1) is 17.8 Å². The van der Waals surface area contributed by atoms with Crippen LogP contribution < -0.4 is 10.6 Å². The molecule has 0 aliphatic carbocycles. The van der Waals surface area contributed by atoms with E-state index in [2.05, 4.69) is 31.5 Å². The maximum absolute atomic E-state index is 5.22. The summed E-state index contributed by atoms with van der Waals surface area (Å²) in [5, 5.41) is 7.84. The van der Waals surface area contributed by atoms with Crippen molar-refractivity contribution in [1.82, 2.24) is 10.3 Å². The van der Waals surface area contributed by atoms with Crippen LogP contribution in [0, 0.1) is 0 Å². The summed E-state index contributed by atoms with van der Waals surface area (Å²) in [4.78, 5) is 4.41. The molecule has 0 amide bonds. The van der Waals surface area contributed by atoms with Crippen molar-refractivity contribution in [2.75, 3.05) is 25.6 Å². The molecule has 0 bridgehead atoms. The molecule has 0 saturated carbocycles. The summed E-state index contributed by atoms with van der Waals surface area (Å²) in [6.07, 6.45) is 1.77. The van der Waals surface area contributed by atoms with Gasteiger partial charge in [0.25, 0.3) is 0 Å². The zero-order valence-electron chi connectivity index (χ0n) is 10.4. The molecule has 0 saturated heterocycles. The predicted octanol–water partition coefficient (Wildman–Crippen LogP) is 2.93. The zero-order chi connectivity index (χ0) is 13.7. The largest absolute Gasteiger partial charge is 0.383 e. The van der Waals surface area contributed by atoms with Gasteiger partial charge < -0.3 is 15.4 Å². The number of rotatable bonds is 4. The minimum absolute atomic E-state index is 0.564. The third-order valence-electron chi connectivity index (χ3n) is 2.52. The summed E-state index contributed by atoms with van der Waals surface area (Å²) in [5.74, 6) is 0. The number of nitrogens with zero attached hydrogens (tertiary/aromatic N) is 1. The van der Waals surface area contributed by atoms with Gasteiger partial charge in [-0.3, -0.25) is 4.98 Å². The van der Waals surface area contributed by atoms with Crippen molar-refractivity contribution in [2.24, 2.45) is 0 Å². The number of halogens is 1. The quantitative estimate of drug-likeness (QED) is 0.662. The normalized spacial score (nSPS) is 10.4. The molecule has 4 nitrogen and oxygen atoms in total. The molecule has 1 aromatic heterocycles. The topological polar surface area (TPSA) is 46.2 Å². The van der Waals surface area contributed by atoms with Gasteiger partial charge >= 0.3 is 0 Å². The molecule has 100 valence electrons. The van der Waals surface area contributed by atoms with E-state index < -0.39 is 0 Å². The first-order chi connectivity index (χ1) is 9.20. The lowest BCUT2D eigenvalue weighted by atomic mass is 10.2. The summed E-state index contributed by atoms with van der Waals surface area (Å²) in [5.41, 5.74) is 1.78. The average molecular weight is 340 g/mol. The van der Waals surface area contributed by atoms with Crippen molar-refractivity contribution in [2.45, 2.75) is 0 Å². The van der Waals surface area contributed by atoms with E-state index in [9.17, 15) is 0 Å². The molecule has 0 aliphatic rings. The van der Waals surface area contributed by atoms with E-state index >= 15 is 0 Å². The molecule has 2 rings (SSSR count). The lowest BCUT2D eigenvalue weighted by molar-refractivity contribution is 0.204. The van der Waals surface area contributed by atoms with Gasteiger partial charge in [-0.2, -0.15) is 0 Å². The van der Waals surface area contributed by atoms with Gasteiger partial charge in [-0.1, -0.05) is 12.1 Å². The van der Waals surface area contributed by atoms with Gasteiger partial charge in [-0.05, 0) is 40.3 Å². The van der Waals surface area contributed by atoms with Crippen molar-refractivity contribution >= 4 is 49.9 Å².